The molecule has 126 valence electrons. The molecule has 1 amide bonds. The van der Waals surface area contributed by atoms with Gasteiger partial charge in [0.15, 0.2) is 0 Å². The lowest BCUT2D eigenvalue weighted by Crippen LogP contribution is -2.47. The summed E-state index contributed by atoms with van der Waals surface area (Å²) in [5.74, 6) is 0.104. The average Bonchev–Trinajstić information content (AvgIpc) is 3.27. The quantitative estimate of drug-likeness (QED) is 0.860. The number of benzene rings is 1. The molecular weight excluding hydrogens is 292 g/mol. The van der Waals surface area contributed by atoms with Crippen LogP contribution in [0.4, 0.5) is 0 Å². The smallest absolute Gasteiger partial charge is 0.252 e. The molecule has 2 aliphatic rings. The second-order valence-corrected chi connectivity index (χ2v) is 6.34. The molecule has 2 N–H and O–H groups in total. The van der Waals surface area contributed by atoms with Crippen molar-refractivity contribution in [2.24, 2.45) is 5.73 Å². The molecule has 5 nitrogen and oxygen atoms in total. The minimum atomic E-state index is -0.333. The Balaban J connectivity index is 1.64. The van der Waals surface area contributed by atoms with E-state index in [1.165, 1.54) is 5.56 Å². The fourth-order valence-corrected chi connectivity index (χ4v) is 3.38. The van der Waals surface area contributed by atoms with Crippen LogP contribution in [0.25, 0.3) is 0 Å². The minimum absolute atomic E-state index is 0.0275. The molecule has 0 aromatic heterocycles. The molecular formula is C18H26N2O3. The standard InChI is InChI=1S/C18H26N2O3/c19-12-16-6-7-17(23-16)18(21)20(15-9-11-22-13-15)10-8-14-4-2-1-3-5-14/h1-5,15-17H,6-13,19H2/t15?,16-,17+/m1/s1. The molecule has 0 bridgehead atoms. The fraction of sp³-hybridized carbons (Fsp3) is 0.611. The summed E-state index contributed by atoms with van der Waals surface area (Å²) in [5, 5.41) is 0. The van der Waals surface area contributed by atoms with E-state index >= 15 is 0 Å². The van der Waals surface area contributed by atoms with Gasteiger partial charge in [-0.3, -0.25) is 4.79 Å². The highest BCUT2D eigenvalue weighted by molar-refractivity contribution is 5.81. The zero-order valence-corrected chi connectivity index (χ0v) is 13.5. The van der Waals surface area contributed by atoms with Crippen LogP contribution in [0.1, 0.15) is 24.8 Å². The number of ether oxygens (including phenoxy) is 2. The van der Waals surface area contributed by atoms with E-state index in [9.17, 15) is 4.79 Å². The first-order valence-electron chi connectivity index (χ1n) is 8.55. The highest BCUT2D eigenvalue weighted by Crippen LogP contribution is 2.23. The predicted octanol–water partition coefficient (Wildman–Crippen LogP) is 1.35. The van der Waals surface area contributed by atoms with Crippen LogP contribution in [-0.4, -0.2) is 55.4 Å². The maximum absolute atomic E-state index is 12.9. The van der Waals surface area contributed by atoms with E-state index in [-0.39, 0.29) is 24.2 Å². The Kier molecular flexibility index (Phi) is 5.65. The molecule has 0 saturated carbocycles. The minimum Gasteiger partial charge on any atom is -0.379 e. The molecule has 2 saturated heterocycles. The second-order valence-electron chi connectivity index (χ2n) is 6.34. The molecule has 0 radical (unpaired) electrons. The largest absolute Gasteiger partial charge is 0.379 e. The Hall–Kier alpha value is -1.43. The third-order valence-corrected chi connectivity index (χ3v) is 4.76. The van der Waals surface area contributed by atoms with Crippen molar-refractivity contribution in [2.75, 3.05) is 26.3 Å². The molecule has 1 aromatic rings. The van der Waals surface area contributed by atoms with Crippen molar-refractivity contribution in [3.05, 3.63) is 35.9 Å². The van der Waals surface area contributed by atoms with Gasteiger partial charge in [-0.1, -0.05) is 30.3 Å². The van der Waals surface area contributed by atoms with Crippen LogP contribution in [-0.2, 0) is 20.7 Å². The maximum Gasteiger partial charge on any atom is 0.252 e. The third-order valence-electron chi connectivity index (χ3n) is 4.76. The number of nitrogens with zero attached hydrogens (tertiary/aromatic N) is 1. The topological polar surface area (TPSA) is 64.8 Å². The summed E-state index contributed by atoms with van der Waals surface area (Å²) < 4.78 is 11.3. The lowest BCUT2D eigenvalue weighted by atomic mass is 10.1. The van der Waals surface area contributed by atoms with E-state index in [0.29, 0.717) is 19.7 Å². The van der Waals surface area contributed by atoms with Crippen molar-refractivity contribution in [1.82, 2.24) is 4.90 Å². The summed E-state index contributed by atoms with van der Waals surface area (Å²) in [5.41, 5.74) is 6.91. The molecule has 0 spiro atoms. The molecule has 5 heteroatoms. The lowest BCUT2D eigenvalue weighted by molar-refractivity contribution is -0.145. The van der Waals surface area contributed by atoms with Crippen molar-refractivity contribution < 1.29 is 14.3 Å². The molecule has 23 heavy (non-hydrogen) atoms. The van der Waals surface area contributed by atoms with Gasteiger partial charge >= 0.3 is 0 Å². The van der Waals surface area contributed by atoms with Crippen LogP contribution >= 0.6 is 0 Å². The van der Waals surface area contributed by atoms with Gasteiger partial charge in [0, 0.05) is 19.7 Å². The van der Waals surface area contributed by atoms with Gasteiger partial charge in [0.2, 0.25) is 0 Å². The van der Waals surface area contributed by atoms with Crippen LogP contribution in [0.5, 0.6) is 0 Å². The number of carbonyl (C=O) groups is 1. The highest BCUT2D eigenvalue weighted by Gasteiger charge is 2.36. The van der Waals surface area contributed by atoms with Gasteiger partial charge in [-0.05, 0) is 31.2 Å². The molecule has 2 aliphatic heterocycles. The number of hydrogen-bond acceptors (Lipinski definition) is 4. The van der Waals surface area contributed by atoms with Gasteiger partial charge in [0.1, 0.15) is 6.10 Å². The van der Waals surface area contributed by atoms with E-state index in [1.54, 1.807) is 0 Å². The highest BCUT2D eigenvalue weighted by atomic mass is 16.5. The normalized spacial score (nSPS) is 27.3. The molecule has 3 atom stereocenters. The van der Waals surface area contributed by atoms with Crippen molar-refractivity contribution >= 4 is 5.91 Å². The molecule has 2 fully saturated rings. The van der Waals surface area contributed by atoms with Gasteiger partial charge in [0.05, 0.1) is 18.8 Å². The van der Waals surface area contributed by atoms with Crippen LogP contribution in [0.3, 0.4) is 0 Å². The lowest BCUT2D eigenvalue weighted by Gasteiger charge is -2.30. The SMILES string of the molecule is NC[C@H]1CC[C@@H](C(=O)N(CCc2ccccc2)C2CCOC2)O1. The zero-order chi connectivity index (χ0) is 16.1. The van der Waals surface area contributed by atoms with Gasteiger partial charge in [-0.2, -0.15) is 0 Å². The van der Waals surface area contributed by atoms with E-state index in [2.05, 4.69) is 12.1 Å². The number of rotatable bonds is 6. The molecule has 2 heterocycles. The third kappa shape index (κ3) is 4.10. The molecule has 1 unspecified atom stereocenters. The molecule has 0 aliphatic carbocycles. The number of hydrogen-bond donors (Lipinski definition) is 1. The fourth-order valence-electron chi connectivity index (χ4n) is 3.38. The van der Waals surface area contributed by atoms with Crippen LogP contribution in [0.15, 0.2) is 30.3 Å². The van der Waals surface area contributed by atoms with Crippen molar-refractivity contribution in [1.29, 1.82) is 0 Å². The van der Waals surface area contributed by atoms with Crippen molar-refractivity contribution in [3.8, 4) is 0 Å². The molecule has 3 rings (SSSR count). The average molecular weight is 318 g/mol. The number of carbonyl (C=O) groups excluding carboxylic acids is 1. The Morgan fingerprint density at radius 2 is 2.04 bits per heavy atom. The summed E-state index contributed by atoms with van der Waals surface area (Å²) in [6, 6.07) is 10.5. The maximum atomic E-state index is 12.9. The predicted molar refractivity (Wildman–Crippen MR) is 88.0 cm³/mol. The Morgan fingerprint density at radius 3 is 2.70 bits per heavy atom. The summed E-state index contributed by atoms with van der Waals surface area (Å²) in [4.78, 5) is 14.9. The van der Waals surface area contributed by atoms with E-state index in [1.807, 2.05) is 23.1 Å². The van der Waals surface area contributed by atoms with E-state index < -0.39 is 0 Å². The number of nitrogens with two attached hydrogens (primary N) is 1. The first-order chi connectivity index (χ1) is 11.3. The van der Waals surface area contributed by atoms with Crippen molar-refractivity contribution in [2.45, 2.75) is 43.9 Å². The van der Waals surface area contributed by atoms with Gasteiger partial charge in [-0.25, -0.2) is 0 Å². The first-order valence-corrected chi connectivity index (χ1v) is 8.55. The molecule has 1 aromatic carbocycles. The second kappa shape index (κ2) is 7.90. The summed E-state index contributed by atoms with van der Waals surface area (Å²) in [7, 11) is 0. The number of amides is 1. The van der Waals surface area contributed by atoms with Crippen LogP contribution < -0.4 is 5.73 Å². The summed E-state index contributed by atoms with van der Waals surface area (Å²) in [6.07, 6.45) is 3.11. The van der Waals surface area contributed by atoms with Crippen molar-refractivity contribution in [3.63, 3.8) is 0 Å². The van der Waals surface area contributed by atoms with Gasteiger partial charge in [-0.15, -0.1) is 0 Å². The van der Waals surface area contributed by atoms with Crippen LogP contribution in [0.2, 0.25) is 0 Å². The first kappa shape index (κ1) is 16.4. The summed E-state index contributed by atoms with van der Waals surface area (Å²) in [6.45, 7) is 2.56. The van der Waals surface area contributed by atoms with E-state index in [0.717, 1.165) is 32.3 Å². The van der Waals surface area contributed by atoms with Gasteiger partial charge < -0.3 is 20.1 Å². The summed E-state index contributed by atoms with van der Waals surface area (Å²) >= 11 is 0. The van der Waals surface area contributed by atoms with E-state index in [4.69, 9.17) is 15.2 Å². The monoisotopic (exact) mass is 318 g/mol. The van der Waals surface area contributed by atoms with Gasteiger partial charge in [0.25, 0.3) is 5.91 Å². The Labute approximate surface area is 137 Å². The Morgan fingerprint density at radius 1 is 1.22 bits per heavy atom. The Bertz CT molecular complexity index is 502. The zero-order valence-electron chi connectivity index (χ0n) is 13.5. The van der Waals surface area contributed by atoms with Crippen LogP contribution in [0, 0.1) is 0 Å².